The van der Waals surface area contributed by atoms with Gasteiger partial charge >= 0.3 is 6.09 Å². The number of ether oxygens (including phenoxy) is 1. The van der Waals surface area contributed by atoms with Crippen molar-refractivity contribution in [2.75, 3.05) is 26.2 Å². The molecule has 0 spiro atoms. The maximum Gasteiger partial charge on any atom is 0.426 e. The molecule has 0 radical (unpaired) electrons. The van der Waals surface area contributed by atoms with Gasteiger partial charge in [-0.2, -0.15) is 0 Å². The highest BCUT2D eigenvalue weighted by Crippen LogP contribution is 2.21. The van der Waals surface area contributed by atoms with Gasteiger partial charge in [-0.3, -0.25) is 9.59 Å². The van der Waals surface area contributed by atoms with Gasteiger partial charge < -0.3 is 9.64 Å². The second-order valence-electron chi connectivity index (χ2n) is 5.33. The van der Waals surface area contributed by atoms with Crippen LogP contribution in [0.5, 0.6) is 0 Å². The first-order valence-corrected chi connectivity index (χ1v) is 6.50. The Bertz CT molecular complexity index is 396. The van der Waals surface area contributed by atoms with Crippen LogP contribution < -0.4 is 5.43 Å². The smallest absolute Gasteiger partial charge is 0.426 e. The standard InChI is InChI=1S/C12H19N3O4/c1-8(2)6-14-7-9(5-10(14)16)11(17)15-3-4-19-12(18)13-15/h8-9H,3-7H2,1-2H3,(H,13,18). The molecular formula is C12H19N3O4. The molecule has 2 aliphatic heterocycles. The molecule has 1 unspecified atom stereocenters. The number of amides is 3. The van der Waals surface area contributed by atoms with Crippen molar-refractivity contribution in [3.05, 3.63) is 0 Å². The lowest BCUT2D eigenvalue weighted by molar-refractivity contribution is -0.140. The minimum absolute atomic E-state index is 0.00614. The molecule has 2 aliphatic rings. The summed E-state index contributed by atoms with van der Waals surface area (Å²) in [6, 6.07) is 0. The number of carbonyl (C=O) groups excluding carboxylic acids is 3. The molecule has 19 heavy (non-hydrogen) atoms. The van der Waals surface area contributed by atoms with Gasteiger partial charge in [-0.25, -0.2) is 15.2 Å². The fourth-order valence-electron chi connectivity index (χ4n) is 2.37. The monoisotopic (exact) mass is 269 g/mol. The van der Waals surface area contributed by atoms with Gasteiger partial charge in [0, 0.05) is 19.5 Å². The summed E-state index contributed by atoms with van der Waals surface area (Å²) >= 11 is 0. The second-order valence-corrected chi connectivity index (χ2v) is 5.33. The summed E-state index contributed by atoms with van der Waals surface area (Å²) in [5, 5.41) is 1.25. The normalized spacial score (nSPS) is 23.6. The lowest BCUT2D eigenvalue weighted by atomic mass is 10.1. The Kier molecular flexibility index (Phi) is 3.92. The lowest BCUT2D eigenvalue weighted by Gasteiger charge is -2.29. The molecule has 1 N–H and O–H groups in total. The molecule has 0 aromatic carbocycles. The van der Waals surface area contributed by atoms with E-state index in [1.807, 2.05) is 13.8 Å². The zero-order valence-corrected chi connectivity index (χ0v) is 11.2. The molecule has 7 heteroatoms. The largest absolute Gasteiger partial charge is 0.446 e. The quantitative estimate of drug-likeness (QED) is 0.780. The van der Waals surface area contributed by atoms with E-state index in [1.54, 1.807) is 4.90 Å². The molecule has 2 rings (SSSR count). The molecule has 2 heterocycles. The van der Waals surface area contributed by atoms with Crippen molar-refractivity contribution < 1.29 is 19.1 Å². The first kappa shape index (κ1) is 13.6. The highest BCUT2D eigenvalue weighted by Gasteiger charge is 2.37. The Morgan fingerprint density at radius 3 is 2.84 bits per heavy atom. The van der Waals surface area contributed by atoms with E-state index in [1.165, 1.54) is 5.01 Å². The third-order valence-electron chi connectivity index (χ3n) is 3.19. The van der Waals surface area contributed by atoms with Gasteiger partial charge in [0.15, 0.2) is 0 Å². The second kappa shape index (κ2) is 5.46. The Morgan fingerprint density at radius 2 is 2.21 bits per heavy atom. The molecule has 0 saturated carbocycles. The van der Waals surface area contributed by atoms with E-state index in [2.05, 4.69) is 5.43 Å². The van der Waals surface area contributed by atoms with Crippen molar-refractivity contribution in [1.82, 2.24) is 15.3 Å². The van der Waals surface area contributed by atoms with Crippen LogP contribution in [0, 0.1) is 11.8 Å². The average molecular weight is 269 g/mol. The molecule has 1 atom stereocenters. The molecule has 106 valence electrons. The van der Waals surface area contributed by atoms with Gasteiger partial charge in [-0.05, 0) is 5.92 Å². The number of nitrogens with one attached hydrogen (secondary N) is 1. The number of carbonyl (C=O) groups is 3. The van der Waals surface area contributed by atoms with Crippen LogP contribution in [0.1, 0.15) is 20.3 Å². The Hall–Kier alpha value is -1.79. The first-order chi connectivity index (χ1) is 8.97. The van der Waals surface area contributed by atoms with Gasteiger partial charge in [-0.15, -0.1) is 0 Å². The fourth-order valence-corrected chi connectivity index (χ4v) is 2.37. The van der Waals surface area contributed by atoms with Gasteiger partial charge in [0.1, 0.15) is 6.61 Å². The Balaban J connectivity index is 1.93. The van der Waals surface area contributed by atoms with Crippen molar-refractivity contribution in [2.45, 2.75) is 20.3 Å². The van der Waals surface area contributed by atoms with Crippen LogP contribution in [0.25, 0.3) is 0 Å². The molecule has 0 aliphatic carbocycles. The van der Waals surface area contributed by atoms with Crippen LogP contribution >= 0.6 is 0 Å². The number of hydrogen-bond acceptors (Lipinski definition) is 4. The molecule has 2 saturated heterocycles. The molecule has 0 bridgehead atoms. The van der Waals surface area contributed by atoms with Crippen LogP contribution in [0.15, 0.2) is 0 Å². The summed E-state index contributed by atoms with van der Waals surface area (Å²) in [5.74, 6) is -0.201. The van der Waals surface area contributed by atoms with Crippen molar-refractivity contribution in [1.29, 1.82) is 0 Å². The molecular weight excluding hydrogens is 250 g/mol. The van der Waals surface area contributed by atoms with Crippen LogP contribution in [0.2, 0.25) is 0 Å². The number of likely N-dealkylation sites (tertiary alicyclic amines) is 1. The van der Waals surface area contributed by atoms with Crippen molar-refractivity contribution in [3.63, 3.8) is 0 Å². The summed E-state index contributed by atoms with van der Waals surface area (Å²) in [7, 11) is 0. The molecule has 3 amide bonds. The fraction of sp³-hybridized carbons (Fsp3) is 0.750. The molecule has 0 aromatic rings. The van der Waals surface area contributed by atoms with Crippen LogP contribution in [-0.2, 0) is 14.3 Å². The van der Waals surface area contributed by atoms with E-state index in [0.717, 1.165) is 0 Å². The van der Waals surface area contributed by atoms with Crippen molar-refractivity contribution in [2.24, 2.45) is 11.8 Å². The SMILES string of the molecule is CC(C)CN1CC(C(=O)N2CCOC(=O)N2)CC1=O. The number of hydrazine groups is 1. The van der Waals surface area contributed by atoms with E-state index in [9.17, 15) is 14.4 Å². The van der Waals surface area contributed by atoms with E-state index in [4.69, 9.17) is 4.74 Å². The highest BCUT2D eigenvalue weighted by atomic mass is 16.6. The van der Waals surface area contributed by atoms with Gasteiger partial charge in [0.2, 0.25) is 11.8 Å². The summed E-state index contributed by atoms with van der Waals surface area (Å²) in [4.78, 5) is 36.8. The predicted molar refractivity (Wildman–Crippen MR) is 65.7 cm³/mol. The Labute approximate surface area is 111 Å². The number of nitrogens with zero attached hydrogens (tertiary/aromatic N) is 2. The summed E-state index contributed by atoms with van der Waals surface area (Å²) < 4.78 is 4.69. The number of hydrogen-bond donors (Lipinski definition) is 1. The zero-order chi connectivity index (χ0) is 14.0. The lowest BCUT2D eigenvalue weighted by Crippen LogP contribution is -2.54. The predicted octanol–water partition coefficient (Wildman–Crippen LogP) is -0.0257. The van der Waals surface area contributed by atoms with Crippen LogP contribution in [0.3, 0.4) is 0 Å². The van der Waals surface area contributed by atoms with Crippen molar-refractivity contribution >= 4 is 17.9 Å². The van der Waals surface area contributed by atoms with Crippen LogP contribution in [0.4, 0.5) is 4.79 Å². The van der Waals surface area contributed by atoms with E-state index < -0.39 is 6.09 Å². The maximum atomic E-state index is 12.2. The van der Waals surface area contributed by atoms with Crippen LogP contribution in [-0.4, -0.2) is 54.1 Å². The minimum atomic E-state index is -0.622. The first-order valence-electron chi connectivity index (χ1n) is 6.50. The summed E-state index contributed by atoms with van der Waals surface area (Å²) in [6.07, 6.45) is -0.401. The average Bonchev–Trinajstić information content (AvgIpc) is 2.69. The van der Waals surface area contributed by atoms with Gasteiger partial charge in [0.05, 0.1) is 12.5 Å². The number of rotatable bonds is 3. The van der Waals surface area contributed by atoms with Gasteiger partial charge in [0.25, 0.3) is 0 Å². The molecule has 7 nitrogen and oxygen atoms in total. The van der Waals surface area contributed by atoms with Crippen molar-refractivity contribution in [3.8, 4) is 0 Å². The zero-order valence-electron chi connectivity index (χ0n) is 11.2. The van der Waals surface area contributed by atoms with E-state index >= 15 is 0 Å². The van der Waals surface area contributed by atoms with Gasteiger partial charge in [-0.1, -0.05) is 13.8 Å². The third-order valence-corrected chi connectivity index (χ3v) is 3.19. The maximum absolute atomic E-state index is 12.2. The van der Waals surface area contributed by atoms with E-state index in [0.29, 0.717) is 25.6 Å². The summed E-state index contributed by atoms with van der Waals surface area (Å²) in [6.45, 7) is 5.67. The molecule has 2 fully saturated rings. The Morgan fingerprint density at radius 1 is 1.47 bits per heavy atom. The molecule has 0 aromatic heterocycles. The number of cyclic esters (lactones) is 1. The third kappa shape index (κ3) is 3.15. The van der Waals surface area contributed by atoms with E-state index in [-0.39, 0.29) is 30.8 Å². The topological polar surface area (TPSA) is 79.0 Å². The summed E-state index contributed by atoms with van der Waals surface area (Å²) in [5.41, 5.74) is 2.36. The highest BCUT2D eigenvalue weighted by molar-refractivity contribution is 5.90. The minimum Gasteiger partial charge on any atom is -0.446 e.